The summed E-state index contributed by atoms with van der Waals surface area (Å²) in [6.07, 6.45) is 1.43. The van der Waals surface area contributed by atoms with Crippen LogP contribution in [0.2, 0.25) is 0 Å². The molecule has 1 aliphatic heterocycles. The number of alkyl carbamates (subject to hydrolysis) is 1. The second kappa shape index (κ2) is 6.35. The third-order valence-electron chi connectivity index (χ3n) is 3.33. The Hall–Kier alpha value is -2.42. The number of carbonyl (C=O) groups is 2. The monoisotopic (exact) mass is 296 g/mol. The molecule has 0 aliphatic carbocycles. The standard InChI is InChI=1S/C12H16N4O5/c1-21-12(18)14-8-2-3-15(6-8)7-11(17)10-4-9(5-13-10)16(19)20/h4-5,8,13H,2-3,6-7H2,1H3,(H,14,18). The topological polar surface area (TPSA) is 118 Å². The van der Waals surface area contributed by atoms with Crippen LogP contribution in [0, 0.1) is 10.1 Å². The zero-order valence-electron chi connectivity index (χ0n) is 11.5. The van der Waals surface area contributed by atoms with E-state index < -0.39 is 11.0 Å². The van der Waals surface area contributed by atoms with E-state index >= 15 is 0 Å². The summed E-state index contributed by atoms with van der Waals surface area (Å²) < 4.78 is 4.52. The molecular formula is C12H16N4O5. The Morgan fingerprint density at radius 3 is 3.00 bits per heavy atom. The molecular weight excluding hydrogens is 280 g/mol. The molecule has 1 fully saturated rings. The number of carbonyl (C=O) groups excluding carboxylic acids is 2. The highest BCUT2D eigenvalue weighted by atomic mass is 16.6. The number of rotatable bonds is 5. The van der Waals surface area contributed by atoms with E-state index in [-0.39, 0.29) is 29.8 Å². The molecule has 9 nitrogen and oxygen atoms in total. The van der Waals surface area contributed by atoms with E-state index in [2.05, 4.69) is 15.0 Å². The second-order valence-electron chi connectivity index (χ2n) is 4.81. The first-order valence-corrected chi connectivity index (χ1v) is 6.42. The number of amides is 1. The van der Waals surface area contributed by atoms with Gasteiger partial charge in [0.05, 0.1) is 30.5 Å². The quantitative estimate of drug-likeness (QED) is 0.465. The molecule has 1 saturated heterocycles. The molecule has 114 valence electrons. The molecule has 1 aromatic rings. The lowest BCUT2D eigenvalue weighted by Gasteiger charge is -2.15. The zero-order chi connectivity index (χ0) is 15.4. The van der Waals surface area contributed by atoms with E-state index in [1.54, 1.807) is 0 Å². The molecule has 9 heteroatoms. The van der Waals surface area contributed by atoms with Crippen molar-refractivity contribution in [1.82, 2.24) is 15.2 Å². The first-order valence-electron chi connectivity index (χ1n) is 6.42. The number of ether oxygens (including phenoxy) is 1. The Kier molecular flexibility index (Phi) is 4.53. The molecule has 1 amide bonds. The summed E-state index contributed by atoms with van der Waals surface area (Å²) in [5.41, 5.74) is 0.0797. The molecule has 0 saturated carbocycles. The summed E-state index contributed by atoms with van der Waals surface area (Å²) >= 11 is 0. The molecule has 1 unspecified atom stereocenters. The van der Waals surface area contributed by atoms with Gasteiger partial charge in [-0.3, -0.25) is 19.8 Å². The van der Waals surface area contributed by atoms with Crippen LogP contribution >= 0.6 is 0 Å². The number of aromatic amines is 1. The number of nitro groups is 1. The van der Waals surface area contributed by atoms with Gasteiger partial charge in [-0.05, 0) is 6.42 Å². The summed E-state index contributed by atoms with van der Waals surface area (Å²) in [7, 11) is 1.30. The van der Waals surface area contributed by atoms with Crippen molar-refractivity contribution in [3.05, 3.63) is 28.1 Å². The Morgan fingerprint density at radius 1 is 1.62 bits per heavy atom. The molecule has 0 aromatic carbocycles. The molecule has 2 N–H and O–H groups in total. The van der Waals surface area contributed by atoms with Crippen molar-refractivity contribution in [2.45, 2.75) is 12.5 Å². The predicted molar refractivity (Wildman–Crippen MR) is 72.2 cm³/mol. The van der Waals surface area contributed by atoms with E-state index in [0.29, 0.717) is 13.1 Å². The van der Waals surface area contributed by atoms with E-state index in [0.717, 1.165) is 6.42 Å². The molecule has 2 heterocycles. The summed E-state index contributed by atoms with van der Waals surface area (Å²) in [5, 5.41) is 13.2. The minimum atomic E-state index is -0.556. The van der Waals surface area contributed by atoms with Gasteiger partial charge in [0.15, 0.2) is 5.78 Å². The number of H-pyrrole nitrogens is 1. The van der Waals surface area contributed by atoms with Crippen LogP contribution in [0.3, 0.4) is 0 Å². The molecule has 1 aromatic heterocycles. The van der Waals surface area contributed by atoms with Crippen molar-refractivity contribution in [2.24, 2.45) is 0 Å². The van der Waals surface area contributed by atoms with Gasteiger partial charge in [0.1, 0.15) is 0 Å². The van der Waals surface area contributed by atoms with Crippen molar-refractivity contribution in [2.75, 3.05) is 26.7 Å². The van der Waals surface area contributed by atoms with Crippen molar-refractivity contribution < 1.29 is 19.2 Å². The average Bonchev–Trinajstić information content (AvgIpc) is 3.07. The summed E-state index contributed by atoms with van der Waals surface area (Å²) in [4.78, 5) is 37.6. The number of hydrogen-bond acceptors (Lipinski definition) is 6. The first-order chi connectivity index (χ1) is 9.99. The smallest absolute Gasteiger partial charge is 0.407 e. The maximum Gasteiger partial charge on any atom is 0.407 e. The van der Waals surface area contributed by atoms with Gasteiger partial charge in [0, 0.05) is 25.2 Å². The Morgan fingerprint density at radius 2 is 2.38 bits per heavy atom. The van der Waals surface area contributed by atoms with Gasteiger partial charge in [-0.1, -0.05) is 0 Å². The summed E-state index contributed by atoms with van der Waals surface area (Å²) in [5.74, 6) is -0.221. The van der Waals surface area contributed by atoms with Gasteiger partial charge in [-0.15, -0.1) is 0 Å². The highest BCUT2D eigenvalue weighted by molar-refractivity contribution is 5.96. The second-order valence-corrected chi connectivity index (χ2v) is 4.81. The lowest BCUT2D eigenvalue weighted by molar-refractivity contribution is -0.384. The average molecular weight is 296 g/mol. The lowest BCUT2D eigenvalue weighted by Crippen LogP contribution is -2.38. The van der Waals surface area contributed by atoms with Gasteiger partial charge >= 0.3 is 6.09 Å². The largest absolute Gasteiger partial charge is 0.453 e. The maximum absolute atomic E-state index is 12.0. The fourth-order valence-corrected chi connectivity index (χ4v) is 2.26. The van der Waals surface area contributed by atoms with Crippen molar-refractivity contribution in [3.8, 4) is 0 Å². The number of nitrogens with zero attached hydrogens (tertiary/aromatic N) is 2. The van der Waals surface area contributed by atoms with Crippen molar-refractivity contribution >= 4 is 17.6 Å². The fourth-order valence-electron chi connectivity index (χ4n) is 2.26. The van der Waals surface area contributed by atoms with Gasteiger partial charge in [-0.2, -0.15) is 0 Å². The third kappa shape index (κ3) is 3.78. The Balaban J connectivity index is 1.86. The number of ketones is 1. The molecule has 0 radical (unpaired) electrons. The highest BCUT2D eigenvalue weighted by Gasteiger charge is 2.26. The van der Waals surface area contributed by atoms with Gasteiger partial charge in [0.2, 0.25) is 0 Å². The molecule has 1 atom stereocenters. The van der Waals surface area contributed by atoms with E-state index in [1.165, 1.54) is 19.4 Å². The van der Waals surface area contributed by atoms with Crippen LogP contribution in [0.4, 0.5) is 10.5 Å². The fraction of sp³-hybridized carbons (Fsp3) is 0.500. The molecule has 21 heavy (non-hydrogen) atoms. The third-order valence-corrected chi connectivity index (χ3v) is 3.33. The zero-order valence-corrected chi connectivity index (χ0v) is 11.5. The van der Waals surface area contributed by atoms with E-state index in [9.17, 15) is 19.7 Å². The predicted octanol–water partition coefficient (Wildman–Crippen LogP) is 0.536. The number of hydrogen-bond donors (Lipinski definition) is 2. The minimum Gasteiger partial charge on any atom is -0.453 e. The number of likely N-dealkylation sites (tertiary alicyclic amines) is 1. The molecule has 0 bridgehead atoms. The van der Waals surface area contributed by atoms with Crippen LogP contribution in [0.1, 0.15) is 16.9 Å². The lowest BCUT2D eigenvalue weighted by atomic mass is 10.2. The van der Waals surface area contributed by atoms with Crippen LogP contribution in [0.5, 0.6) is 0 Å². The van der Waals surface area contributed by atoms with Gasteiger partial charge < -0.3 is 15.0 Å². The van der Waals surface area contributed by atoms with Gasteiger partial charge in [-0.25, -0.2) is 4.79 Å². The van der Waals surface area contributed by atoms with Crippen LogP contribution in [-0.4, -0.2) is 59.5 Å². The van der Waals surface area contributed by atoms with Crippen LogP contribution in [-0.2, 0) is 4.74 Å². The van der Waals surface area contributed by atoms with E-state index in [4.69, 9.17) is 0 Å². The van der Waals surface area contributed by atoms with Crippen molar-refractivity contribution in [3.63, 3.8) is 0 Å². The van der Waals surface area contributed by atoms with Crippen LogP contribution in [0.15, 0.2) is 12.3 Å². The number of nitrogens with one attached hydrogen (secondary N) is 2. The Labute approximate surface area is 120 Å². The van der Waals surface area contributed by atoms with Crippen LogP contribution in [0.25, 0.3) is 0 Å². The van der Waals surface area contributed by atoms with Crippen molar-refractivity contribution in [1.29, 1.82) is 0 Å². The van der Waals surface area contributed by atoms with E-state index in [1.807, 2.05) is 4.90 Å². The highest BCUT2D eigenvalue weighted by Crippen LogP contribution is 2.15. The number of aromatic nitrogens is 1. The minimum absolute atomic E-state index is 0.0526. The molecule has 0 spiro atoms. The molecule has 2 rings (SSSR count). The summed E-state index contributed by atoms with van der Waals surface area (Å²) in [6, 6.07) is 1.17. The SMILES string of the molecule is COC(=O)NC1CCN(CC(=O)c2cc([N+](=O)[O-])c[nH]2)C1. The first kappa shape index (κ1) is 15.0. The Bertz CT molecular complexity index is 556. The molecule has 1 aliphatic rings. The normalized spacial score (nSPS) is 18.4. The number of Topliss-reactive ketones (excluding diaryl/α,β-unsaturated/α-hetero) is 1. The van der Waals surface area contributed by atoms with Gasteiger partial charge in [0.25, 0.3) is 5.69 Å². The number of methoxy groups -OCH3 is 1. The maximum atomic E-state index is 12.0. The van der Waals surface area contributed by atoms with Crippen LogP contribution < -0.4 is 5.32 Å². The summed E-state index contributed by atoms with van der Waals surface area (Å²) in [6.45, 7) is 1.36.